The summed E-state index contributed by atoms with van der Waals surface area (Å²) in [4.78, 5) is 23.5. The lowest BCUT2D eigenvalue weighted by Gasteiger charge is -2.16. The van der Waals surface area contributed by atoms with Crippen molar-refractivity contribution in [2.24, 2.45) is 0 Å². The number of methoxy groups -OCH3 is 1. The highest BCUT2D eigenvalue weighted by Crippen LogP contribution is 2.28. The fourth-order valence-electron chi connectivity index (χ4n) is 2.40. The first-order valence-electron chi connectivity index (χ1n) is 7.25. The molecule has 0 aliphatic heterocycles. The monoisotopic (exact) mass is 292 g/mol. The van der Waals surface area contributed by atoms with Crippen LogP contribution < -0.4 is 4.74 Å². The molecule has 0 radical (unpaired) electrons. The van der Waals surface area contributed by atoms with Gasteiger partial charge < -0.3 is 9.47 Å². The van der Waals surface area contributed by atoms with Crippen LogP contribution in [0, 0.1) is 20.8 Å². The second kappa shape index (κ2) is 7.81. The van der Waals surface area contributed by atoms with Crippen LogP contribution in [0.1, 0.15) is 53.2 Å². The summed E-state index contributed by atoms with van der Waals surface area (Å²) in [6.07, 6.45) is 1.14. The van der Waals surface area contributed by atoms with E-state index >= 15 is 0 Å². The minimum Gasteiger partial charge on any atom is -0.494 e. The third-order valence-electron chi connectivity index (χ3n) is 3.64. The first-order chi connectivity index (χ1) is 9.92. The Hall–Kier alpha value is -1.84. The molecule has 0 amide bonds. The second-order valence-corrected chi connectivity index (χ2v) is 5.10. The molecule has 116 valence electrons. The van der Waals surface area contributed by atoms with Gasteiger partial charge in [0.05, 0.1) is 13.7 Å². The maximum atomic E-state index is 12.4. The van der Waals surface area contributed by atoms with Crippen LogP contribution in [0.25, 0.3) is 0 Å². The zero-order valence-corrected chi connectivity index (χ0v) is 13.5. The molecule has 1 aromatic rings. The van der Waals surface area contributed by atoms with Crippen molar-refractivity contribution in [2.75, 3.05) is 13.7 Å². The molecule has 0 saturated carbocycles. The fraction of sp³-hybridized carbons (Fsp3) is 0.529. The van der Waals surface area contributed by atoms with Gasteiger partial charge in [0.1, 0.15) is 5.75 Å². The quantitative estimate of drug-likeness (QED) is 0.570. The molecule has 1 rings (SSSR count). The number of hydrogen-bond acceptors (Lipinski definition) is 4. The molecule has 0 aromatic heterocycles. The van der Waals surface area contributed by atoms with Gasteiger partial charge >= 0.3 is 5.97 Å². The number of benzene rings is 1. The van der Waals surface area contributed by atoms with Gasteiger partial charge in [0.15, 0.2) is 5.78 Å². The lowest BCUT2D eigenvalue weighted by Crippen LogP contribution is -2.09. The average Bonchev–Trinajstić information content (AvgIpc) is 2.44. The Balaban J connectivity index is 2.90. The molecule has 0 aliphatic rings. The summed E-state index contributed by atoms with van der Waals surface area (Å²) in [5.74, 6) is 0.623. The van der Waals surface area contributed by atoms with E-state index in [1.807, 2.05) is 33.8 Å². The molecule has 4 nitrogen and oxygen atoms in total. The van der Waals surface area contributed by atoms with E-state index < -0.39 is 0 Å². The predicted octanol–water partition coefficient (Wildman–Crippen LogP) is 3.54. The molecular weight excluding hydrogens is 268 g/mol. The molecule has 0 atom stereocenters. The number of ether oxygens (including phenoxy) is 2. The predicted molar refractivity (Wildman–Crippen MR) is 82.0 cm³/mol. The largest absolute Gasteiger partial charge is 0.494 e. The van der Waals surface area contributed by atoms with Gasteiger partial charge in [-0.3, -0.25) is 9.59 Å². The highest BCUT2D eigenvalue weighted by atomic mass is 16.5. The number of aryl methyl sites for hydroxylation is 1. The zero-order valence-electron chi connectivity index (χ0n) is 13.5. The number of ketones is 1. The van der Waals surface area contributed by atoms with Gasteiger partial charge in [-0.2, -0.15) is 0 Å². The van der Waals surface area contributed by atoms with Crippen LogP contribution in [-0.4, -0.2) is 25.5 Å². The summed E-state index contributed by atoms with van der Waals surface area (Å²) < 4.78 is 10.2. The number of carbonyl (C=O) groups excluding carboxylic acids is 2. The molecule has 0 spiro atoms. The number of carbonyl (C=O) groups is 2. The van der Waals surface area contributed by atoms with Crippen LogP contribution in [0.2, 0.25) is 0 Å². The van der Waals surface area contributed by atoms with E-state index in [0.29, 0.717) is 19.4 Å². The zero-order chi connectivity index (χ0) is 16.0. The summed E-state index contributed by atoms with van der Waals surface area (Å²) in [5.41, 5.74) is 3.63. The van der Waals surface area contributed by atoms with Gasteiger partial charge in [-0.05, 0) is 56.9 Å². The highest BCUT2D eigenvalue weighted by molar-refractivity contribution is 5.99. The second-order valence-electron chi connectivity index (χ2n) is 5.10. The molecular formula is C17H24O4. The minimum absolute atomic E-state index is 0.0695. The van der Waals surface area contributed by atoms with Crippen molar-refractivity contribution < 1.29 is 19.1 Å². The van der Waals surface area contributed by atoms with Gasteiger partial charge in [0.2, 0.25) is 0 Å². The van der Waals surface area contributed by atoms with E-state index in [-0.39, 0.29) is 18.2 Å². The average molecular weight is 292 g/mol. The Morgan fingerprint density at radius 1 is 1.10 bits per heavy atom. The minimum atomic E-state index is -0.279. The third-order valence-corrected chi connectivity index (χ3v) is 3.64. The summed E-state index contributed by atoms with van der Waals surface area (Å²) in [6, 6.07) is 1.92. The van der Waals surface area contributed by atoms with Crippen molar-refractivity contribution in [2.45, 2.75) is 47.0 Å². The van der Waals surface area contributed by atoms with Crippen molar-refractivity contribution >= 4 is 11.8 Å². The normalized spacial score (nSPS) is 10.3. The Kier molecular flexibility index (Phi) is 6.40. The number of rotatable bonds is 7. The smallest absolute Gasteiger partial charge is 0.305 e. The molecule has 0 aliphatic carbocycles. The van der Waals surface area contributed by atoms with Crippen molar-refractivity contribution in [3.8, 4) is 5.75 Å². The van der Waals surface area contributed by atoms with E-state index in [1.54, 1.807) is 0 Å². The fourth-order valence-corrected chi connectivity index (χ4v) is 2.40. The Bertz CT molecular complexity index is 532. The maximum Gasteiger partial charge on any atom is 0.305 e. The van der Waals surface area contributed by atoms with Crippen molar-refractivity contribution in [3.05, 3.63) is 28.3 Å². The molecule has 0 unspecified atom stereocenters. The van der Waals surface area contributed by atoms with Crippen LogP contribution in [0.15, 0.2) is 6.07 Å². The summed E-state index contributed by atoms with van der Waals surface area (Å²) >= 11 is 0. The molecule has 21 heavy (non-hydrogen) atoms. The lowest BCUT2D eigenvalue weighted by molar-refractivity contribution is -0.140. The third kappa shape index (κ3) is 4.31. The summed E-state index contributed by atoms with van der Waals surface area (Å²) in [7, 11) is 1.36. The van der Waals surface area contributed by atoms with Crippen LogP contribution in [-0.2, 0) is 9.53 Å². The number of hydrogen-bond donors (Lipinski definition) is 0. The van der Waals surface area contributed by atoms with Gasteiger partial charge in [-0.15, -0.1) is 0 Å². The molecule has 0 saturated heterocycles. The van der Waals surface area contributed by atoms with Gasteiger partial charge in [-0.1, -0.05) is 0 Å². The molecule has 4 heteroatoms. The van der Waals surface area contributed by atoms with Crippen LogP contribution in [0.3, 0.4) is 0 Å². The molecule has 1 aromatic carbocycles. The highest BCUT2D eigenvalue weighted by Gasteiger charge is 2.17. The Labute approximate surface area is 126 Å². The van der Waals surface area contributed by atoms with Crippen LogP contribution in [0.5, 0.6) is 5.75 Å². The standard InChI is InChI=1S/C17H24O4/c1-6-21-15-10-11(2)17(13(4)12(15)3)14(18)8-7-9-16(19)20-5/h10H,6-9H2,1-5H3. The molecule has 0 N–H and O–H groups in total. The van der Waals surface area contributed by atoms with Crippen molar-refractivity contribution in [3.63, 3.8) is 0 Å². The first-order valence-corrected chi connectivity index (χ1v) is 7.25. The topological polar surface area (TPSA) is 52.6 Å². The lowest BCUT2D eigenvalue weighted by atomic mass is 9.92. The molecule has 0 bridgehead atoms. The Morgan fingerprint density at radius 2 is 1.76 bits per heavy atom. The van der Waals surface area contributed by atoms with E-state index in [9.17, 15) is 9.59 Å². The summed E-state index contributed by atoms with van der Waals surface area (Å²) in [6.45, 7) is 8.37. The van der Waals surface area contributed by atoms with Gasteiger partial charge in [0.25, 0.3) is 0 Å². The van der Waals surface area contributed by atoms with Gasteiger partial charge in [0, 0.05) is 18.4 Å². The molecule has 0 heterocycles. The van der Waals surface area contributed by atoms with Crippen molar-refractivity contribution in [1.29, 1.82) is 0 Å². The van der Waals surface area contributed by atoms with E-state index in [0.717, 1.165) is 28.0 Å². The van der Waals surface area contributed by atoms with Gasteiger partial charge in [-0.25, -0.2) is 0 Å². The number of esters is 1. The number of Topliss-reactive ketones (excluding diaryl/α,β-unsaturated/α-hetero) is 1. The van der Waals surface area contributed by atoms with Crippen molar-refractivity contribution in [1.82, 2.24) is 0 Å². The first kappa shape index (κ1) is 17.2. The Morgan fingerprint density at radius 3 is 2.33 bits per heavy atom. The van der Waals surface area contributed by atoms with E-state index in [4.69, 9.17) is 4.74 Å². The van der Waals surface area contributed by atoms with Crippen LogP contribution >= 0.6 is 0 Å². The van der Waals surface area contributed by atoms with E-state index in [2.05, 4.69) is 4.74 Å². The molecule has 0 fully saturated rings. The van der Waals surface area contributed by atoms with Crippen LogP contribution in [0.4, 0.5) is 0 Å². The van der Waals surface area contributed by atoms with E-state index in [1.165, 1.54) is 7.11 Å². The maximum absolute atomic E-state index is 12.4. The SMILES string of the molecule is CCOc1cc(C)c(C(=O)CCCC(=O)OC)c(C)c1C. The summed E-state index contributed by atoms with van der Waals surface area (Å²) in [5, 5.41) is 0.